The zero-order chi connectivity index (χ0) is 9.03. The van der Waals surface area contributed by atoms with Crippen LogP contribution >= 0.6 is 7.60 Å². The summed E-state index contributed by atoms with van der Waals surface area (Å²) < 4.78 is 21.1. The first-order valence-electron chi connectivity index (χ1n) is 3.52. The van der Waals surface area contributed by atoms with Crippen molar-refractivity contribution in [2.45, 2.75) is 0 Å². The molecule has 0 spiro atoms. The minimum Gasteiger partial charge on any atom is -0.425 e. The van der Waals surface area contributed by atoms with Crippen LogP contribution in [0.2, 0.25) is 0 Å². The van der Waals surface area contributed by atoms with Gasteiger partial charge in [-0.1, -0.05) is 18.2 Å². The van der Waals surface area contributed by atoms with E-state index in [1.807, 2.05) is 18.2 Å². The summed E-state index contributed by atoms with van der Waals surface area (Å²) in [5.74, 6) is 0.560. The second kappa shape index (κ2) is 3.74. The van der Waals surface area contributed by atoms with Crippen LogP contribution in [0.1, 0.15) is 0 Å². The molecule has 0 aromatic heterocycles. The maximum atomic E-state index is 11.3. The third-order valence-electron chi connectivity index (χ3n) is 1.35. The topological polar surface area (TPSA) is 35.5 Å². The van der Waals surface area contributed by atoms with Crippen LogP contribution < -0.4 is 4.52 Å². The van der Waals surface area contributed by atoms with Crippen molar-refractivity contribution in [2.24, 2.45) is 0 Å². The van der Waals surface area contributed by atoms with Crippen LogP contribution in [-0.2, 0) is 9.09 Å². The molecule has 66 valence electrons. The maximum absolute atomic E-state index is 11.3. The number of hydrogen-bond donors (Lipinski definition) is 0. The summed E-state index contributed by atoms with van der Waals surface area (Å²) in [6, 6.07) is 8.95. The van der Waals surface area contributed by atoms with E-state index in [0.29, 0.717) is 5.75 Å². The van der Waals surface area contributed by atoms with E-state index in [-0.39, 0.29) is 0 Å². The molecule has 0 aliphatic rings. The van der Waals surface area contributed by atoms with Gasteiger partial charge in [0.1, 0.15) is 5.75 Å². The highest BCUT2D eigenvalue weighted by Crippen LogP contribution is 2.42. The highest BCUT2D eigenvalue weighted by atomic mass is 31.2. The molecule has 0 saturated heterocycles. The van der Waals surface area contributed by atoms with E-state index in [1.54, 1.807) is 12.1 Å². The lowest BCUT2D eigenvalue weighted by Crippen LogP contribution is -1.92. The van der Waals surface area contributed by atoms with Crippen molar-refractivity contribution in [3.05, 3.63) is 30.3 Å². The minimum absolute atomic E-state index is 0.560. The first-order valence-corrected chi connectivity index (χ1v) is 5.51. The van der Waals surface area contributed by atoms with Gasteiger partial charge < -0.3 is 9.05 Å². The van der Waals surface area contributed by atoms with Crippen LogP contribution in [0.3, 0.4) is 0 Å². The summed E-state index contributed by atoms with van der Waals surface area (Å²) >= 11 is 0. The molecule has 0 unspecified atom stereocenters. The van der Waals surface area contributed by atoms with Crippen molar-refractivity contribution in [2.75, 3.05) is 13.8 Å². The van der Waals surface area contributed by atoms with E-state index in [1.165, 1.54) is 13.8 Å². The molecule has 1 rings (SSSR count). The predicted molar refractivity (Wildman–Crippen MR) is 47.6 cm³/mol. The van der Waals surface area contributed by atoms with E-state index in [0.717, 1.165) is 0 Å². The fourth-order valence-electron chi connectivity index (χ4n) is 0.710. The Kier molecular flexibility index (Phi) is 2.90. The molecule has 0 aliphatic heterocycles. The van der Waals surface area contributed by atoms with E-state index in [4.69, 9.17) is 4.52 Å². The second-order valence-electron chi connectivity index (χ2n) is 2.36. The molecule has 1 aromatic carbocycles. The fourth-order valence-corrected chi connectivity index (χ4v) is 1.29. The Hall–Kier alpha value is -0.790. The van der Waals surface area contributed by atoms with Crippen LogP contribution in [-0.4, -0.2) is 13.8 Å². The molecule has 0 heterocycles. The summed E-state index contributed by atoms with van der Waals surface area (Å²) in [4.78, 5) is 0. The van der Waals surface area contributed by atoms with Gasteiger partial charge in [-0.15, -0.1) is 0 Å². The van der Waals surface area contributed by atoms with E-state index in [9.17, 15) is 4.57 Å². The number of hydrogen-bond acceptors (Lipinski definition) is 3. The summed E-state index contributed by atoms with van der Waals surface area (Å²) in [6.45, 7) is 1.43. The predicted octanol–water partition coefficient (Wildman–Crippen LogP) is 2.53. The van der Waals surface area contributed by atoms with E-state index >= 15 is 0 Å². The molecular weight excluding hydrogens is 175 g/mol. The van der Waals surface area contributed by atoms with E-state index < -0.39 is 7.60 Å². The van der Waals surface area contributed by atoms with Crippen LogP contribution in [0.25, 0.3) is 0 Å². The van der Waals surface area contributed by atoms with Gasteiger partial charge in [-0.3, -0.25) is 0 Å². The summed E-state index contributed by atoms with van der Waals surface area (Å²) in [7, 11) is -1.53. The lowest BCUT2D eigenvalue weighted by atomic mass is 10.3. The molecule has 0 radical (unpaired) electrons. The summed E-state index contributed by atoms with van der Waals surface area (Å²) in [6.07, 6.45) is 0. The largest absolute Gasteiger partial charge is 0.425 e. The molecule has 12 heavy (non-hydrogen) atoms. The standard InChI is InChI=1S/C8H11O3P/c1-10-12(2,9)11-8-6-4-3-5-7-8/h3-7H,1-2H3/t12-/m0/s1. The molecule has 3 nitrogen and oxygen atoms in total. The van der Waals surface area contributed by atoms with Gasteiger partial charge in [0.2, 0.25) is 0 Å². The van der Waals surface area contributed by atoms with Crippen LogP contribution in [0.5, 0.6) is 5.75 Å². The van der Waals surface area contributed by atoms with Crippen LogP contribution in [0.15, 0.2) is 30.3 Å². The molecule has 0 amide bonds. The van der Waals surface area contributed by atoms with E-state index in [2.05, 4.69) is 4.52 Å². The molecule has 0 fully saturated rings. The molecule has 0 bridgehead atoms. The number of para-hydroxylation sites is 1. The Morgan fingerprint density at radius 1 is 1.25 bits per heavy atom. The van der Waals surface area contributed by atoms with Gasteiger partial charge in [0.15, 0.2) is 0 Å². The molecule has 0 saturated carbocycles. The van der Waals surface area contributed by atoms with Gasteiger partial charge >= 0.3 is 7.60 Å². The van der Waals surface area contributed by atoms with Crippen molar-refractivity contribution in [3.8, 4) is 5.75 Å². The summed E-state index contributed by atoms with van der Waals surface area (Å²) in [5, 5.41) is 0. The first kappa shape index (κ1) is 9.30. The second-order valence-corrected chi connectivity index (χ2v) is 4.45. The van der Waals surface area contributed by atoms with Crippen LogP contribution in [0, 0.1) is 0 Å². The Morgan fingerprint density at radius 3 is 2.33 bits per heavy atom. The highest BCUT2D eigenvalue weighted by molar-refractivity contribution is 7.53. The molecular formula is C8H11O3P. The SMILES string of the molecule is CO[P@](C)(=O)Oc1ccccc1. The third-order valence-corrected chi connectivity index (χ3v) is 2.55. The van der Waals surface area contributed by atoms with Crippen molar-refractivity contribution in [1.82, 2.24) is 0 Å². The quantitative estimate of drug-likeness (QED) is 0.680. The number of benzene rings is 1. The Balaban J connectivity index is 2.71. The molecule has 4 heteroatoms. The zero-order valence-corrected chi connectivity index (χ0v) is 7.95. The Morgan fingerprint density at radius 2 is 1.83 bits per heavy atom. The van der Waals surface area contributed by atoms with Crippen LogP contribution in [0.4, 0.5) is 0 Å². The summed E-state index contributed by atoms with van der Waals surface area (Å²) in [5.41, 5.74) is 0. The minimum atomic E-state index is -2.90. The van der Waals surface area contributed by atoms with Crippen molar-refractivity contribution >= 4 is 7.60 Å². The van der Waals surface area contributed by atoms with Gasteiger partial charge in [0.05, 0.1) is 0 Å². The Bertz CT molecular complexity index is 284. The number of rotatable bonds is 3. The normalized spacial score (nSPS) is 15.2. The van der Waals surface area contributed by atoms with Crippen molar-refractivity contribution in [3.63, 3.8) is 0 Å². The molecule has 1 atom stereocenters. The first-order chi connectivity index (χ1) is 5.64. The van der Waals surface area contributed by atoms with Crippen molar-refractivity contribution in [1.29, 1.82) is 0 Å². The maximum Gasteiger partial charge on any atom is 0.375 e. The lowest BCUT2D eigenvalue weighted by molar-refractivity contribution is 0.328. The highest BCUT2D eigenvalue weighted by Gasteiger charge is 2.14. The zero-order valence-electron chi connectivity index (χ0n) is 7.06. The van der Waals surface area contributed by atoms with Gasteiger partial charge in [0.25, 0.3) is 0 Å². The van der Waals surface area contributed by atoms with Crippen molar-refractivity contribution < 1.29 is 13.6 Å². The monoisotopic (exact) mass is 186 g/mol. The third kappa shape index (κ3) is 2.68. The smallest absolute Gasteiger partial charge is 0.375 e. The average Bonchev–Trinajstić information content (AvgIpc) is 2.06. The van der Waals surface area contributed by atoms with Gasteiger partial charge in [-0.05, 0) is 12.1 Å². The molecule has 1 aromatic rings. The Labute approximate surface area is 71.9 Å². The average molecular weight is 186 g/mol. The lowest BCUT2D eigenvalue weighted by Gasteiger charge is -2.11. The van der Waals surface area contributed by atoms with Gasteiger partial charge in [0, 0.05) is 13.8 Å². The van der Waals surface area contributed by atoms with Gasteiger partial charge in [-0.2, -0.15) is 0 Å². The molecule has 0 N–H and O–H groups in total. The molecule has 0 aliphatic carbocycles. The van der Waals surface area contributed by atoms with Gasteiger partial charge in [-0.25, -0.2) is 4.57 Å². The fraction of sp³-hybridized carbons (Fsp3) is 0.250.